The van der Waals surface area contributed by atoms with Crippen LogP contribution >= 0.6 is 0 Å². The third kappa shape index (κ3) is 1.84. The quantitative estimate of drug-likeness (QED) is 0.502. The van der Waals surface area contributed by atoms with Gasteiger partial charge >= 0.3 is 0 Å². The van der Waals surface area contributed by atoms with Gasteiger partial charge in [0.05, 0.1) is 0 Å². The van der Waals surface area contributed by atoms with Gasteiger partial charge in [0.25, 0.3) is 0 Å². The summed E-state index contributed by atoms with van der Waals surface area (Å²) in [7, 11) is 0. The smallest absolute Gasteiger partial charge is 0.227 e. The fraction of sp³-hybridized carbons (Fsp3) is 0.500. The lowest BCUT2D eigenvalue weighted by Crippen LogP contribution is -2.66. The van der Waals surface area contributed by atoms with Gasteiger partial charge in [0.1, 0.15) is 0 Å². The molecule has 0 spiro atoms. The highest BCUT2D eigenvalue weighted by Crippen LogP contribution is 2.42. The van der Waals surface area contributed by atoms with Crippen LogP contribution in [-0.2, 0) is 33.6 Å². The molecule has 0 bridgehead atoms. The van der Waals surface area contributed by atoms with Crippen molar-refractivity contribution < 1.29 is 33.6 Å². The Bertz CT molecular complexity index is 595. The summed E-state index contributed by atoms with van der Waals surface area (Å²) in [6.07, 6.45) is -0.933. The van der Waals surface area contributed by atoms with Crippen molar-refractivity contribution in [2.75, 3.05) is 0 Å². The number of hydrogen-bond donors (Lipinski definition) is 0. The van der Waals surface area contributed by atoms with Gasteiger partial charge in [-0.05, 0) is 27.7 Å². The van der Waals surface area contributed by atoms with Crippen LogP contribution in [0.2, 0.25) is 0 Å². The van der Waals surface area contributed by atoms with Crippen molar-refractivity contribution in [3.05, 3.63) is 0 Å². The van der Waals surface area contributed by atoms with Gasteiger partial charge in [0.15, 0.2) is 34.3 Å². The van der Waals surface area contributed by atoms with E-state index < -0.39 is 57.7 Å². The van der Waals surface area contributed by atoms with Crippen LogP contribution in [0, 0.1) is 10.8 Å². The summed E-state index contributed by atoms with van der Waals surface area (Å²) in [4.78, 5) is 83.9. The first-order valence-electron chi connectivity index (χ1n) is 6.14. The number of hydrogen-bond acceptors (Lipinski definition) is 7. The predicted octanol–water partition coefficient (Wildman–Crippen LogP) is -0.574. The third-order valence-electron chi connectivity index (χ3n) is 4.01. The average molecular weight is 294 g/mol. The van der Waals surface area contributed by atoms with Gasteiger partial charge in [-0.15, -0.1) is 0 Å². The van der Waals surface area contributed by atoms with Gasteiger partial charge in [-0.1, -0.05) is 0 Å². The Morgan fingerprint density at radius 3 is 1.43 bits per heavy atom. The van der Waals surface area contributed by atoms with Crippen LogP contribution in [0.25, 0.3) is 0 Å². The van der Waals surface area contributed by atoms with Crippen molar-refractivity contribution in [1.29, 1.82) is 0 Å². The lowest BCUT2D eigenvalue weighted by Gasteiger charge is -2.38. The third-order valence-corrected chi connectivity index (χ3v) is 4.01. The number of carbonyl (C=O) groups is 7. The molecule has 1 aliphatic rings. The predicted molar refractivity (Wildman–Crippen MR) is 67.2 cm³/mol. The molecule has 1 aliphatic carbocycles. The molecule has 1 rings (SSSR count). The van der Waals surface area contributed by atoms with E-state index >= 15 is 0 Å². The Kier molecular flexibility index (Phi) is 3.91. The molecule has 7 nitrogen and oxygen atoms in total. The fourth-order valence-corrected chi connectivity index (χ4v) is 2.74. The van der Waals surface area contributed by atoms with Crippen LogP contribution in [0.1, 0.15) is 34.1 Å². The van der Waals surface area contributed by atoms with Crippen molar-refractivity contribution in [2.24, 2.45) is 10.8 Å². The molecule has 0 aromatic heterocycles. The molecule has 0 aromatic carbocycles. The zero-order valence-corrected chi connectivity index (χ0v) is 12.1. The summed E-state index contributed by atoms with van der Waals surface area (Å²) in [5.74, 6) is -8.37. The van der Waals surface area contributed by atoms with Crippen molar-refractivity contribution in [2.45, 2.75) is 34.1 Å². The van der Waals surface area contributed by atoms with E-state index in [1.807, 2.05) is 0 Å². The molecule has 0 aromatic rings. The van der Waals surface area contributed by atoms with Crippen LogP contribution in [0.15, 0.2) is 0 Å². The summed E-state index contributed by atoms with van der Waals surface area (Å²) in [5, 5.41) is 0. The molecule has 0 saturated heterocycles. The van der Waals surface area contributed by atoms with E-state index in [-0.39, 0.29) is 0 Å². The molecular formula is C14H14O7. The Hall–Kier alpha value is -2.31. The number of carbonyl (C=O) groups excluding carboxylic acids is 7. The molecule has 1 fully saturated rings. The number of ketones is 7. The second-order valence-corrected chi connectivity index (χ2v) is 5.14. The van der Waals surface area contributed by atoms with Gasteiger partial charge in [-0.2, -0.15) is 0 Å². The first-order valence-corrected chi connectivity index (χ1v) is 6.14. The van der Waals surface area contributed by atoms with Gasteiger partial charge in [-0.3, -0.25) is 33.6 Å². The molecule has 0 atom stereocenters. The van der Waals surface area contributed by atoms with E-state index in [1.54, 1.807) is 0 Å². The lowest BCUT2D eigenvalue weighted by atomic mass is 9.54. The van der Waals surface area contributed by atoms with Gasteiger partial charge in [0.2, 0.25) is 17.0 Å². The molecule has 7 heteroatoms. The maximum absolute atomic E-state index is 12.6. The SMILES string of the molecule is CC(=O)C1(C(C)=O)CC(=O)C(=O)C(C(C)=O)(C(C)=O)C1=O. The van der Waals surface area contributed by atoms with Gasteiger partial charge in [0, 0.05) is 6.42 Å². The minimum Gasteiger partial charge on any atom is -0.298 e. The largest absolute Gasteiger partial charge is 0.298 e. The van der Waals surface area contributed by atoms with Gasteiger partial charge < -0.3 is 0 Å². The minimum atomic E-state index is -2.88. The average Bonchev–Trinajstić information content (AvgIpc) is 2.32. The first kappa shape index (κ1) is 16.7. The standard InChI is InChI=1S/C14H14O7/c1-6(15)13(7(2)16)5-10(19)11(20)14(8(3)17,9(4)18)12(13)21/h5H2,1-4H3. The Morgan fingerprint density at radius 2 is 1.14 bits per heavy atom. The van der Waals surface area contributed by atoms with Crippen LogP contribution < -0.4 is 0 Å². The van der Waals surface area contributed by atoms with Crippen molar-refractivity contribution in [1.82, 2.24) is 0 Å². The van der Waals surface area contributed by atoms with Crippen LogP contribution in [-0.4, -0.2) is 40.5 Å². The molecule has 0 N–H and O–H groups in total. The van der Waals surface area contributed by atoms with E-state index in [9.17, 15) is 33.6 Å². The van der Waals surface area contributed by atoms with Crippen molar-refractivity contribution >= 4 is 40.5 Å². The van der Waals surface area contributed by atoms with Crippen LogP contribution in [0.3, 0.4) is 0 Å². The van der Waals surface area contributed by atoms with Crippen molar-refractivity contribution in [3.8, 4) is 0 Å². The zero-order chi connectivity index (χ0) is 16.7. The maximum atomic E-state index is 12.6. The Morgan fingerprint density at radius 1 is 0.762 bits per heavy atom. The number of rotatable bonds is 4. The Labute approximate surface area is 120 Å². The van der Waals surface area contributed by atoms with Gasteiger partial charge in [-0.25, -0.2) is 0 Å². The van der Waals surface area contributed by atoms with E-state index in [2.05, 4.69) is 0 Å². The second kappa shape index (κ2) is 4.91. The minimum absolute atomic E-state index is 0.806. The monoisotopic (exact) mass is 294 g/mol. The molecule has 1 saturated carbocycles. The van der Waals surface area contributed by atoms with Crippen LogP contribution in [0.5, 0.6) is 0 Å². The molecular weight excluding hydrogens is 280 g/mol. The second-order valence-electron chi connectivity index (χ2n) is 5.14. The molecule has 21 heavy (non-hydrogen) atoms. The van der Waals surface area contributed by atoms with E-state index in [0.29, 0.717) is 0 Å². The molecule has 0 heterocycles. The highest BCUT2D eigenvalue weighted by molar-refractivity contribution is 6.60. The Balaban J connectivity index is 3.86. The highest BCUT2D eigenvalue weighted by Gasteiger charge is 2.69. The molecule has 0 unspecified atom stereocenters. The summed E-state index contributed by atoms with van der Waals surface area (Å²) in [6.45, 7) is 3.43. The summed E-state index contributed by atoms with van der Waals surface area (Å²) >= 11 is 0. The van der Waals surface area contributed by atoms with E-state index in [4.69, 9.17) is 0 Å². The highest BCUT2D eigenvalue weighted by atomic mass is 16.2. The molecule has 0 amide bonds. The van der Waals surface area contributed by atoms with Crippen molar-refractivity contribution in [3.63, 3.8) is 0 Å². The zero-order valence-electron chi connectivity index (χ0n) is 12.1. The molecule has 0 aliphatic heterocycles. The summed E-state index contributed by atoms with van der Waals surface area (Å²) < 4.78 is 0. The fourth-order valence-electron chi connectivity index (χ4n) is 2.74. The number of Topliss-reactive ketones (excluding diaryl/α,β-unsaturated/α-hetero) is 7. The van der Waals surface area contributed by atoms with Crippen LogP contribution in [0.4, 0.5) is 0 Å². The van der Waals surface area contributed by atoms with E-state index in [1.165, 1.54) is 0 Å². The molecule has 0 radical (unpaired) electrons. The summed E-state index contributed by atoms with van der Waals surface area (Å²) in [6, 6.07) is 0. The normalized spacial score (nSPS) is 20.1. The first-order chi connectivity index (χ1) is 9.47. The molecule has 112 valence electrons. The lowest BCUT2D eigenvalue weighted by molar-refractivity contribution is -0.168. The topological polar surface area (TPSA) is 119 Å². The maximum Gasteiger partial charge on any atom is 0.227 e. The summed E-state index contributed by atoms with van der Waals surface area (Å²) in [5.41, 5.74) is -5.32. The van der Waals surface area contributed by atoms with E-state index in [0.717, 1.165) is 27.7 Å².